The number of anilines is 2. The van der Waals surface area contributed by atoms with E-state index in [4.69, 9.17) is 16.3 Å². The number of halogens is 1. The van der Waals surface area contributed by atoms with Gasteiger partial charge in [0.05, 0.1) is 19.3 Å². The Bertz CT molecular complexity index is 1390. The number of para-hydroxylation sites is 1. The lowest BCUT2D eigenvalue weighted by molar-refractivity contribution is -0.123. The summed E-state index contributed by atoms with van der Waals surface area (Å²) in [5, 5.41) is 0.505. The number of benzene rings is 3. The van der Waals surface area contributed by atoms with Crippen LogP contribution in [0.2, 0.25) is 5.02 Å². The highest BCUT2D eigenvalue weighted by Crippen LogP contribution is 2.52. The third-order valence-electron chi connectivity index (χ3n) is 5.98. The predicted molar refractivity (Wildman–Crippen MR) is 125 cm³/mol. The summed E-state index contributed by atoms with van der Waals surface area (Å²) < 4.78 is 32.3. The Morgan fingerprint density at radius 2 is 1.73 bits per heavy atom. The predicted octanol–water partition coefficient (Wildman–Crippen LogP) is 3.51. The minimum Gasteiger partial charge on any atom is -0.497 e. The van der Waals surface area contributed by atoms with Crippen LogP contribution in [0.3, 0.4) is 0 Å². The van der Waals surface area contributed by atoms with Crippen molar-refractivity contribution in [2.75, 3.05) is 22.7 Å². The molecule has 0 N–H and O–H groups in total. The lowest BCUT2D eigenvalue weighted by atomic mass is 10.0. The van der Waals surface area contributed by atoms with Crippen LogP contribution in [0.25, 0.3) is 0 Å². The first-order chi connectivity index (χ1) is 15.8. The molecule has 7 nitrogen and oxygen atoms in total. The topological polar surface area (TPSA) is 84.0 Å². The van der Waals surface area contributed by atoms with Crippen LogP contribution in [0.4, 0.5) is 11.4 Å². The molecule has 5 rings (SSSR count). The van der Waals surface area contributed by atoms with Crippen molar-refractivity contribution in [1.29, 1.82) is 0 Å². The van der Waals surface area contributed by atoms with Crippen molar-refractivity contribution in [2.24, 2.45) is 0 Å². The van der Waals surface area contributed by atoms with Crippen LogP contribution in [0.1, 0.15) is 11.1 Å². The largest absolute Gasteiger partial charge is 0.497 e. The molecule has 3 aromatic carbocycles. The molecule has 0 saturated carbocycles. The van der Waals surface area contributed by atoms with Crippen molar-refractivity contribution in [2.45, 2.75) is 11.4 Å². The normalized spacial score (nSPS) is 21.0. The summed E-state index contributed by atoms with van der Waals surface area (Å²) in [6.45, 7) is 0.109. The molecule has 33 heavy (non-hydrogen) atoms. The number of carbonyl (C=O) groups is 2. The van der Waals surface area contributed by atoms with E-state index in [1.807, 2.05) is 6.07 Å². The maximum atomic E-state index is 14.0. The SMILES string of the molecule is COc1ccc(N2C(=O)CS(=O)(=O)C23C(=O)N(Cc2cccc(Cl)c2)c2ccccc23)cc1. The summed E-state index contributed by atoms with van der Waals surface area (Å²) in [7, 11) is -2.71. The molecule has 2 heterocycles. The zero-order valence-corrected chi connectivity index (χ0v) is 19.1. The van der Waals surface area contributed by atoms with E-state index in [-0.39, 0.29) is 12.1 Å². The average molecular weight is 483 g/mol. The molecule has 0 aliphatic carbocycles. The Morgan fingerprint density at radius 3 is 2.42 bits per heavy atom. The molecule has 2 aliphatic rings. The fourth-order valence-corrected chi connectivity index (χ4v) is 6.84. The molecule has 1 saturated heterocycles. The van der Waals surface area contributed by atoms with Crippen molar-refractivity contribution < 1.29 is 22.7 Å². The van der Waals surface area contributed by atoms with Crippen molar-refractivity contribution in [3.63, 3.8) is 0 Å². The first-order valence-corrected chi connectivity index (χ1v) is 12.2. The minimum atomic E-state index is -4.22. The van der Waals surface area contributed by atoms with Gasteiger partial charge < -0.3 is 9.64 Å². The first kappa shape index (κ1) is 21.5. The van der Waals surface area contributed by atoms with E-state index in [0.717, 1.165) is 10.5 Å². The fourth-order valence-electron chi connectivity index (χ4n) is 4.60. The number of sulfone groups is 1. The van der Waals surface area contributed by atoms with Crippen molar-refractivity contribution in [3.8, 4) is 5.75 Å². The second-order valence-corrected chi connectivity index (χ2v) is 10.4. The second kappa shape index (κ2) is 7.60. The van der Waals surface area contributed by atoms with Gasteiger partial charge in [0.15, 0.2) is 9.84 Å². The van der Waals surface area contributed by atoms with Crippen molar-refractivity contribution in [3.05, 3.63) is 88.9 Å². The van der Waals surface area contributed by atoms with Gasteiger partial charge in [-0.05, 0) is 48.0 Å². The molecule has 0 radical (unpaired) electrons. The lowest BCUT2D eigenvalue weighted by Crippen LogP contribution is -2.54. The van der Waals surface area contributed by atoms with Gasteiger partial charge in [-0.2, -0.15) is 0 Å². The Kier molecular flexibility index (Phi) is 4.95. The van der Waals surface area contributed by atoms with Crippen LogP contribution in [-0.4, -0.2) is 33.1 Å². The van der Waals surface area contributed by atoms with Gasteiger partial charge in [0.1, 0.15) is 11.5 Å². The molecule has 1 fully saturated rings. The highest BCUT2D eigenvalue weighted by atomic mass is 35.5. The monoisotopic (exact) mass is 482 g/mol. The van der Waals surface area contributed by atoms with E-state index >= 15 is 0 Å². The van der Waals surface area contributed by atoms with E-state index in [1.165, 1.54) is 12.0 Å². The second-order valence-electron chi connectivity index (χ2n) is 7.87. The average Bonchev–Trinajstić information content (AvgIpc) is 3.17. The highest BCUT2D eigenvalue weighted by Gasteiger charge is 2.69. The standard InChI is InChI=1S/C24H19ClN2O5S/c1-32-19-11-9-18(10-12-19)27-22(28)15-33(30,31)24(27)20-7-2-3-8-21(20)26(23(24)29)14-16-5-4-6-17(25)13-16/h2-13H,14-15H2,1H3. The molecular formula is C24H19ClN2O5S. The number of nitrogens with zero attached hydrogens (tertiary/aromatic N) is 2. The molecular weight excluding hydrogens is 464 g/mol. The highest BCUT2D eigenvalue weighted by molar-refractivity contribution is 7.94. The van der Waals surface area contributed by atoms with Gasteiger partial charge in [-0.3, -0.25) is 14.5 Å². The summed E-state index contributed by atoms with van der Waals surface area (Å²) in [4.78, 5) is 27.5. The van der Waals surface area contributed by atoms with E-state index in [2.05, 4.69) is 0 Å². The molecule has 2 aliphatic heterocycles. The van der Waals surface area contributed by atoms with Gasteiger partial charge in [-0.15, -0.1) is 0 Å². The Labute approximate surface area is 196 Å². The number of rotatable bonds is 4. The number of hydrogen-bond donors (Lipinski definition) is 0. The summed E-state index contributed by atoms with van der Waals surface area (Å²) >= 11 is 6.12. The number of fused-ring (bicyclic) bond motifs is 2. The van der Waals surface area contributed by atoms with Gasteiger partial charge in [0.25, 0.3) is 10.8 Å². The molecule has 0 aromatic heterocycles. The quantitative estimate of drug-likeness (QED) is 0.568. The van der Waals surface area contributed by atoms with Crippen LogP contribution < -0.4 is 14.5 Å². The summed E-state index contributed by atoms with van der Waals surface area (Å²) in [5.41, 5.74) is 1.74. The van der Waals surface area contributed by atoms with Crippen molar-refractivity contribution >= 4 is 44.6 Å². The zero-order valence-electron chi connectivity index (χ0n) is 17.6. The smallest absolute Gasteiger partial charge is 0.274 e. The van der Waals surface area contributed by atoms with E-state index < -0.39 is 32.3 Å². The van der Waals surface area contributed by atoms with Gasteiger partial charge in [-0.25, -0.2) is 8.42 Å². The molecule has 1 spiro atoms. The third kappa shape index (κ3) is 3.05. The molecule has 1 unspecified atom stereocenters. The van der Waals surface area contributed by atoms with E-state index in [9.17, 15) is 18.0 Å². The number of methoxy groups -OCH3 is 1. The third-order valence-corrected chi connectivity index (χ3v) is 8.32. The number of amides is 2. The number of carbonyl (C=O) groups excluding carboxylic acids is 2. The lowest BCUT2D eigenvalue weighted by Gasteiger charge is -2.32. The van der Waals surface area contributed by atoms with Gasteiger partial charge in [-0.1, -0.05) is 41.9 Å². The number of hydrogen-bond acceptors (Lipinski definition) is 5. The molecule has 3 aromatic rings. The molecule has 0 bridgehead atoms. The van der Waals surface area contributed by atoms with Gasteiger partial charge >= 0.3 is 0 Å². The van der Waals surface area contributed by atoms with Crippen LogP contribution >= 0.6 is 11.6 Å². The molecule has 1 atom stereocenters. The van der Waals surface area contributed by atoms with Gasteiger partial charge in [0, 0.05) is 16.3 Å². The Hall–Kier alpha value is -3.36. The van der Waals surface area contributed by atoms with E-state index in [1.54, 1.807) is 66.7 Å². The summed E-state index contributed by atoms with van der Waals surface area (Å²) in [6.07, 6.45) is 0. The maximum absolute atomic E-state index is 14.0. The summed E-state index contributed by atoms with van der Waals surface area (Å²) in [6, 6.07) is 20.1. The Balaban J connectivity index is 1.71. The van der Waals surface area contributed by atoms with E-state index in [0.29, 0.717) is 22.1 Å². The van der Waals surface area contributed by atoms with Crippen LogP contribution in [0.15, 0.2) is 72.8 Å². The maximum Gasteiger partial charge on any atom is 0.274 e. The summed E-state index contributed by atoms with van der Waals surface area (Å²) in [5.74, 6) is -1.56. The molecule has 168 valence electrons. The van der Waals surface area contributed by atoms with Crippen molar-refractivity contribution in [1.82, 2.24) is 0 Å². The fraction of sp³-hybridized carbons (Fsp3) is 0.167. The minimum absolute atomic E-state index is 0.109. The van der Waals surface area contributed by atoms with Crippen LogP contribution in [0, 0.1) is 0 Å². The van der Waals surface area contributed by atoms with Crippen LogP contribution in [-0.2, 0) is 30.8 Å². The first-order valence-electron chi connectivity index (χ1n) is 10.1. The van der Waals surface area contributed by atoms with Gasteiger partial charge in [0.2, 0.25) is 5.91 Å². The molecule has 9 heteroatoms. The molecule has 2 amide bonds. The Morgan fingerprint density at radius 1 is 1.00 bits per heavy atom. The zero-order chi connectivity index (χ0) is 23.4. The van der Waals surface area contributed by atoms with Crippen LogP contribution in [0.5, 0.6) is 5.75 Å². The number of ether oxygens (including phenoxy) is 1.